The summed E-state index contributed by atoms with van der Waals surface area (Å²) < 4.78 is 5.16. The zero-order chi connectivity index (χ0) is 20.1. The zero-order valence-electron chi connectivity index (χ0n) is 17.4. The van der Waals surface area contributed by atoms with Crippen LogP contribution >= 0.6 is 0 Å². The highest BCUT2D eigenvalue weighted by molar-refractivity contribution is 5.79. The molecule has 2 heterocycles. The summed E-state index contributed by atoms with van der Waals surface area (Å²) in [6, 6.07) is 7.64. The quantitative estimate of drug-likeness (QED) is 0.774. The summed E-state index contributed by atoms with van der Waals surface area (Å²) in [4.78, 5) is 31.4. The Hall–Kier alpha value is -2.08. The molecule has 6 heteroatoms. The van der Waals surface area contributed by atoms with Gasteiger partial charge in [0.2, 0.25) is 11.8 Å². The monoisotopic (exact) mass is 387 g/mol. The minimum atomic E-state index is 0.148. The van der Waals surface area contributed by atoms with Crippen LogP contribution in [0.3, 0.4) is 0 Å². The van der Waals surface area contributed by atoms with E-state index in [0.29, 0.717) is 37.9 Å². The summed E-state index contributed by atoms with van der Waals surface area (Å²) in [5, 5.41) is 0. The first-order valence-electron chi connectivity index (χ1n) is 10.4. The van der Waals surface area contributed by atoms with Crippen LogP contribution in [0.15, 0.2) is 24.3 Å². The van der Waals surface area contributed by atoms with Crippen LogP contribution < -0.4 is 4.74 Å². The normalized spacial score (nSPS) is 23.5. The number of benzene rings is 1. The SMILES string of the molecule is COc1ccc(CC(=O)N2CCN(CC(=O)N3CC(C)CC(C)C3)CC2)cc1. The van der Waals surface area contributed by atoms with E-state index in [0.717, 1.165) is 37.5 Å². The molecule has 0 saturated carbocycles. The highest BCUT2D eigenvalue weighted by atomic mass is 16.5. The van der Waals surface area contributed by atoms with Crippen LogP contribution in [0.5, 0.6) is 5.75 Å². The molecule has 2 saturated heterocycles. The number of carbonyl (C=O) groups excluding carboxylic acids is 2. The number of methoxy groups -OCH3 is 1. The Labute approximate surface area is 168 Å². The first-order chi connectivity index (χ1) is 13.4. The number of carbonyl (C=O) groups is 2. The molecule has 1 aromatic carbocycles. The minimum absolute atomic E-state index is 0.148. The van der Waals surface area contributed by atoms with Gasteiger partial charge < -0.3 is 14.5 Å². The van der Waals surface area contributed by atoms with E-state index < -0.39 is 0 Å². The number of hydrogen-bond donors (Lipinski definition) is 0. The van der Waals surface area contributed by atoms with E-state index in [9.17, 15) is 9.59 Å². The Kier molecular flexibility index (Phi) is 6.94. The number of ether oxygens (including phenoxy) is 1. The van der Waals surface area contributed by atoms with Crippen LogP contribution in [0.4, 0.5) is 0 Å². The maximum Gasteiger partial charge on any atom is 0.236 e. The van der Waals surface area contributed by atoms with Crippen LogP contribution in [-0.2, 0) is 16.0 Å². The molecule has 2 aliphatic heterocycles. The van der Waals surface area contributed by atoms with Gasteiger partial charge in [-0.25, -0.2) is 0 Å². The summed E-state index contributed by atoms with van der Waals surface area (Å²) in [5.74, 6) is 2.35. The molecule has 154 valence electrons. The largest absolute Gasteiger partial charge is 0.497 e. The maximum atomic E-state index is 12.7. The van der Waals surface area contributed by atoms with Crippen molar-refractivity contribution in [3.8, 4) is 5.75 Å². The average molecular weight is 388 g/mol. The van der Waals surface area contributed by atoms with Gasteiger partial charge in [-0.1, -0.05) is 26.0 Å². The van der Waals surface area contributed by atoms with E-state index in [1.807, 2.05) is 34.1 Å². The lowest BCUT2D eigenvalue weighted by Crippen LogP contribution is -2.53. The molecule has 2 amide bonds. The van der Waals surface area contributed by atoms with E-state index in [-0.39, 0.29) is 11.8 Å². The average Bonchev–Trinajstić information content (AvgIpc) is 2.68. The molecule has 0 aliphatic carbocycles. The van der Waals surface area contributed by atoms with Gasteiger partial charge >= 0.3 is 0 Å². The molecule has 0 bridgehead atoms. The molecule has 2 unspecified atom stereocenters. The van der Waals surface area contributed by atoms with E-state index in [1.54, 1.807) is 7.11 Å². The van der Waals surface area contributed by atoms with Gasteiger partial charge in [0.25, 0.3) is 0 Å². The number of amides is 2. The van der Waals surface area contributed by atoms with Gasteiger partial charge in [0.15, 0.2) is 0 Å². The van der Waals surface area contributed by atoms with Crippen molar-refractivity contribution in [1.29, 1.82) is 0 Å². The van der Waals surface area contributed by atoms with Gasteiger partial charge in [0.1, 0.15) is 5.75 Å². The van der Waals surface area contributed by atoms with Crippen molar-refractivity contribution in [3.63, 3.8) is 0 Å². The topological polar surface area (TPSA) is 53.1 Å². The molecule has 0 aromatic heterocycles. The van der Waals surface area contributed by atoms with Crippen molar-refractivity contribution in [2.24, 2.45) is 11.8 Å². The summed E-state index contributed by atoms with van der Waals surface area (Å²) in [6.07, 6.45) is 1.62. The van der Waals surface area contributed by atoms with E-state index >= 15 is 0 Å². The summed E-state index contributed by atoms with van der Waals surface area (Å²) in [6.45, 7) is 9.58. The van der Waals surface area contributed by atoms with Gasteiger partial charge in [0, 0.05) is 39.3 Å². The zero-order valence-corrected chi connectivity index (χ0v) is 17.4. The van der Waals surface area contributed by atoms with Crippen LogP contribution in [0, 0.1) is 11.8 Å². The highest BCUT2D eigenvalue weighted by Gasteiger charge is 2.28. The smallest absolute Gasteiger partial charge is 0.236 e. The number of rotatable bonds is 5. The minimum Gasteiger partial charge on any atom is -0.497 e. The fourth-order valence-electron chi connectivity index (χ4n) is 4.34. The predicted octanol–water partition coefficient (Wildman–Crippen LogP) is 1.89. The third-order valence-electron chi connectivity index (χ3n) is 5.82. The van der Waals surface area contributed by atoms with Crippen molar-refractivity contribution in [2.75, 3.05) is 52.9 Å². The van der Waals surface area contributed by atoms with Gasteiger partial charge in [-0.3, -0.25) is 14.5 Å². The molecule has 1 aromatic rings. The molecule has 2 fully saturated rings. The van der Waals surface area contributed by atoms with Crippen molar-refractivity contribution >= 4 is 11.8 Å². The van der Waals surface area contributed by atoms with Gasteiger partial charge in [-0.05, 0) is 36.0 Å². The van der Waals surface area contributed by atoms with E-state index in [4.69, 9.17) is 4.74 Å². The van der Waals surface area contributed by atoms with Gasteiger partial charge in [0.05, 0.1) is 20.1 Å². The molecular formula is C22H33N3O3. The second-order valence-corrected chi connectivity index (χ2v) is 8.43. The first-order valence-corrected chi connectivity index (χ1v) is 10.4. The Morgan fingerprint density at radius 3 is 2.11 bits per heavy atom. The Bertz CT molecular complexity index is 658. The lowest BCUT2D eigenvalue weighted by atomic mass is 9.92. The summed E-state index contributed by atoms with van der Waals surface area (Å²) in [7, 11) is 1.64. The van der Waals surface area contributed by atoms with Crippen LogP contribution in [0.25, 0.3) is 0 Å². The molecule has 0 radical (unpaired) electrons. The van der Waals surface area contributed by atoms with Gasteiger partial charge in [-0.15, -0.1) is 0 Å². The molecule has 3 rings (SSSR count). The molecule has 2 atom stereocenters. The number of likely N-dealkylation sites (tertiary alicyclic amines) is 1. The standard InChI is InChI=1S/C22H33N3O3/c1-17-12-18(2)15-25(14-17)22(27)16-23-8-10-24(11-9-23)21(26)13-19-4-6-20(28-3)7-5-19/h4-7,17-18H,8-16H2,1-3H3. The van der Waals surface area contributed by atoms with Crippen molar-refractivity contribution in [3.05, 3.63) is 29.8 Å². The molecule has 6 nitrogen and oxygen atoms in total. The molecule has 2 aliphatic rings. The second kappa shape index (κ2) is 9.41. The lowest BCUT2D eigenvalue weighted by molar-refractivity contribution is -0.136. The third kappa shape index (κ3) is 5.47. The first kappa shape index (κ1) is 20.6. The molecule has 0 N–H and O–H groups in total. The van der Waals surface area contributed by atoms with E-state index in [2.05, 4.69) is 18.7 Å². The number of nitrogens with zero attached hydrogens (tertiary/aromatic N) is 3. The van der Waals surface area contributed by atoms with Crippen LogP contribution in [0.2, 0.25) is 0 Å². The number of piperazine rings is 1. The molecular weight excluding hydrogens is 354 g/mol. The Morgan fingerprint density at radius 2 is 1.54 bits per heavy atom. The fraction of sp³-hybridized carbons (Fsp3) is 0.636. The number of piperidine rings is 1. The van der Waals surface area contributed by atoms with Crippen LogP contribution in [-0.4, -0.2) is 79.4 Å². The summed E-state index contributed by atoms with van der Waals surface area (Å²) >= 11 is 0. The van der Waals surface area contributed by atoms with Crippen molar-refractivity contribution < 1.29 is 14.3 Å². The number of hydrogen-bond acceptors (Lipinski definition) is 4. The second-order valence-electron chi connectivity index (χ2n) is 8.43. The van der Waals surface area contributed by atoms with Gasteiger partial charge in [-0.2, -0.15) is 0 Å². The van der Waals surface area contributed by atoms with E-state index in [1.165, 1.54) is 6.42 Å². The third-order valence-corrected chi connectivity index (χ3v) is 5.82. The Morgan fingerprint density at radius 1 is 0.929 bits per heavy atom. The maximum absolute atomic E-state index is 12.7. The fourth-order valence-corrected chi connectivity index (χ4v) is 4.34. The lowest BCUT2D eigenvalue weighted by Gasteiger charge is -2.38. The van der Waals surface area contributed by atoms with Crippen molar-refractivity contribution in [1.82, 2.24) is 14.7 Å². The highest BCUT2D eigenvalue weighted by Crippen LogP contribution is 2.21. The Balaban J connectivity index is 1.43. The summed E-state index contributed by atoms with van der Waals surface area (Å²) in [5.41, 5.74) is 0.997. The van der Waals surface area contributed by atoms with Crippen LogP contribution in [0.1, 0.15) is 25.8 Å². The predicted molar refractivity (Wildman–Crippen MR) is 109 cm³/mol. The molecule has 28 heavy (non-hydrogen) atoms. The van der Waals surface area contributed by atoms with Crippen molar-refractivity contribution in [2.45, 2.75) is 26.7 Å². The molecule has 0 spiro atoms.